The monoisotopic (exact) mass is 530 g/mol. The molecule has 1 aromatic carbocycles. The van der Waals surface area contributed by atoms with Crippen molar-refractivity contribution in [2.24, 2.45) is 0 Å². The van der Waals surface area contributed by atoms with E-state index in [1.54, 1.807) is 30.6 Å². The van der Waals surface area contributed by atoms with Gasteiger partial charge in [-0.05, 0) is 45.3 Å². The minimum Gasteiger partial charge on any atom is -0.492 e. The van der Waals surface area contributed by atoms with Crippen LogP contribution in [0.25, 0.3) is 11.3 Å². The maximum atomic E-state index is 14.5. The van der Waals surface area contributed by atoms with Crippen LogP contribution in [0.4, 0.5) is 15.8 Å². The Morgan fingerprint density at radius 1 is 1.36 bits per heavy atom. The van der Waals surface area contributed by atoms with Crippen molar-refractivity contribution in [1.82, 2.24) is 25.5 Å². The third kappa shape index (κ3) is 5.94. The van der Waals surface area contributed by atoms with Gasteiger partial charge >= 0.3 is 0 Å². The molecule has 39 heavy (non-hydrogen) atoms. The molecule has 202 valence electrons. The lowest BCUT2D eigenvalue weighted by atomic mass is 9.99. The number of pyridine rings is 1. The van der Waals surface area contributed by atoms with Gasteiger partial charge in [-0.2, -0.15) is 0 Å². The van der Waals surface area contributed by atoms with Crippen molar-refractivity contribution < 1.29 is 18.7 Å². The summed E-state index contributed by atoms with van der Waals surface area (Å²) in [5.41, 5.74) is 2.99. The number of aromatic nitrogens is 2. The highest BCUT2D eigenvalue weighted by Crippen LogP contribution is 2.40. The third-order valence-corrected chi connectivity index (χ3v) is 6.18. The zero-order valence-corrected chi connectivity index (χ0v) is 22.4. The van der Waals surface area contributed by atoms with E-state index in [2.05, 4.69) is 44.3 Å². The van der Waals surface area contributed by atoms with Gasteiger partial charge in [-0.25, -0.2) is 4.39 Å². The van der Waals surface area contributed by atoms with Crippen molar-refractivity contribution in [3.63, 3.8) is 0 Å². The molecule has 0 bridgehead atoms. The number of benzene rings is 1. The fourth-order valence-corrected chi connectivity index (χ4v) is 4.64. The molecular weight excluding hydrogens is 499 g/mol. The molecule has 1 aliphatic heterocycles. The number of carbonyl (C=O) groups excluding carboxylic acids is 2. The van der Waals surface area contributed by atoms with E-state index in [-0.39, 0.29) is 17.6 Å². The fourth-order valence-electron chi connectivity index (χ4n) is 4.64. The number of halogens is 1. The predicted octanol–water partition coefficient (Wildman–Crippen LogP) is 3.23. The Morgan fingerprint density at radius 2 is 2.15 bits per heavy atom. The topological polar surface area (TPSA) is 111 Å². The number of nitrogens with one attached hydrogen (secondary N) is 4. The maximum Gasteiger partial charge on any atom is 0.255 e. The summed E-state index contributed by atoms with van der Waals surface area (Å²) < 4.78 is 19.8. The molecule has 9 nitrogen and oxygen atoms in total. The van der Waals surface area contributed by atoms with Crippen molar-refractivity contribution in [3.8, 4) is 28.8 Å². The molecule has 0 spiro atoms. The number of hydrogen-bond acceptors (Lipinski definition) is 6. The van der Waals surface area contributed by atoms with Crippen molar-refractivity contribution >= 4 is 23.2 Å². The molecule has 0 fully saturated rings. The van der Waals surface area contributed by atoms with Crippen LogP contribution in [0, 0.1) is 17.7 Å². The van der Waals surface area contributed by atoms with Crippen LogP contribution in [0.5, 0.6) is 5.75 Å². The number of methoxy groups -OCH3 is 1. The fraction of sp³-hybridized carbons (Fsp3) is 0.276. The lowest BCUT2D eigenvalue weighted by Gasteiger charge is -2.28. The van der Waals surface area contributed by atoms with Crippen LogP contribution in [-0.4, -0.2) is 66.5 Å². The molecule has 0 unspecified atom stereocenters. The van der Waals surface area contributed by atoms with Crippen molar-refractivity contribution in [1.29, 1.82) is 0 Å². The summed E-state index contributed by atoms with van der Waals surface area (Å²) in [5.74, 6) is 5.29. The number of aromatic amines is 1. The van der Waals surface area contributed by atoms with Gasteiger partial charge in [-0.1, -0.05) is 24.5 Å². The minimum atomic E-state index is -0.882. The first kappa shape index (κ1) is 27.4. The molecule has 3 aromatic rings. The molecule has 2 aromatic heterocycles. The standard InChI is InChI=1S/C29H31FN6O3/c1-6-23(37)35-29(2,17-36(3)4)13-10-18-16-31-14-11-19(18)25-26(24-21(33-25)12-15-32-28(24)38)34-22-9-7-8-20(30)27(22)39-5/h6-9,11,14,16,33-34H,1,12,15,17H2,2-5H3,(H,32,38)(H,35,37)/t29-/m1/s1. The van der Waals surface area contributed by atoms with E-state index in [1.807, 2.05) is 25.9 Å². The Kier molecular flexibility index (Phi) is 8.02. The number of nitrogens with zero attached hydrogens (tertiary/aromatic N) is 2. The number of para-hydroxylation sites is 1. The number of hydrogen-bond donors (Lipinski definition) is 4. The molecule has 2 amide bonds. The first-order valence-electron chi connectivity index (χ1n) is 12.3. The lowest BCUT2D eigenvalue weighted by Crippen LogP contribution is -2.51. The second-order valence-electron chi connectivity index (χ2n) is 9.61. The summed E-state index contributed by atoms with van der Waals surface area (Å²) >= 11 is 0. The summed E-state index contributed by atoms with van der Waals surface area (Å²) in [6, 6.07) is 6.33. The van der Waals surface area contributed by atoms with Crippen molar-refractivity contribution in [3.05, 3.63) is 72.0 Å². The number of anilines is 2. The van der Waals surface area contributed by atoms with E-state index >= 15 is 0 Å². The number of ether oxygens (including phenoxy) is 1. The molecule has 1 atom stereocenters. The largest absolute Gasteiger partial charge is 0.492 e. The van der Waals surface area contributed by atoms with Gasteiger partial charge in [0.15, 0.2) is 11.6 Å². The highest BCUT2D eigenvalue weighted by molar-refractivity contribution is 6.06. The Hall–Kier alpha value is -4.62. The van der Waals surface area contributed by atoms with Crippen LogP contribution in [0.15, 0.2) is 49.3 Å². The van der Waals surface area contributed by atoms with Crippen LogP contribution in [0.3, 0.4) is 0 Å². The van der Waals surface area contributed by atoms with Gasteiger partial charge in [-0.3, -0.25) is 14.6 Å². The normalized spacial score (nSPS) is 13.8. The van der Waals surface area contributed by atoms with E-state index < -0.39 is 11.4 Å². The van der Waals surface area contributed by atoms with Gasteiger partial charge in [0.1, 0.15) is 5.54 Å². The Bertz CT molecular complexity index is 1490. The molecule has 0 aliphatic carbocycles. The quantitative estimate of drug-likeness (QED) is 0.263. The third-order valence-electron chi connectivity index (χ3n) is 6.18. The number of rotatable bonds is 8. The van der Waals surface area contributed by atoms with Gasteiger partial charge in [-0.15, -0.1) is 0 Å². The smallest absolute Gasteiger partial charge is 0.255 e. The molecule has 0 radical (unpaired) electrons. The Labute approximate surface area is 226 Å². The van der Waals surface area contributed by atoms with Crippen LogP contribution < -0.4 is 20.7 Å². The van der Waals surface area contributed by atoms with Crippen LogP contribution in [0.1, 0.15) is 28.5 Å². The van der Waals surface area contributed by atoms with Crippen LogP contribution >= 0.6 is 0 Å². The zero-order chi connectivity index (χ0) is 28.2. The summed E-state index contributed by atoms with van der Waals surface area (Å²) in [7, 11) is 5.17. The minimum absolute atomic E-state index is 0.0294. The predicted molar refractivity (Wildman–Crippen MR) is 148 cm³/mol. The number of fused-ring (bicyclic) bond motifs is 1. The van der Waals surface area contributed by atoms with E-state index in [0.717, 1.165) is 5.69 Å². The average molecular weight is 531 g/mol. The summed E-state index contributed by atoms with van der Waals surface area (Å²) in [6.07, 6.45) is 5.06. The number of carbonyl (C=O) groups is 2. The SMILES string of the molecule is C=CC(=O)N[C@](C)(C#Cc1cnccc1-c1[nH]c2c(c1Nc1cccc(F)c1OC)C(=O)NCC2)CN(C)C. The van der Waals surface area contributed by atoms with E-state index in [1.165, 1.54) is 19.3 Å². The van der Waals surface area contributed by atoms with Gasteiger partial charge in [0.25, 0.3) is 5.91 Å². The second kappa shape index (κ2) is 11.4. The first-order chi connectivity index (χ1) is 18.7. The van der Waals surface area contributed by atoms with Crippen LogP contribution in [0.2, 0.25) is 0 Å². The van der Waals surface area contributed by atoms with Crippen LogP contribution in [-0.2, 0) is 11.2 Å². The maximum absolute atomic E-state index is 14.5. The highest BCUT2D eigenvalue weighted by Gasteiger charge is 2.29. The molecule has 4 N–H and O–H groups in total. The highest BCUT2D eigenvalue weighted by atomic mass is 19.1. The second-order valence-corrected chi connectivity index (χ2v) is 9.61. The lowest BCUT2D eigenvalue weighted by molar-refractivity contribution is -0.117. The number of H-pyrrole nitrogens is 1. The Balaban J connectivity index is 1.86. The molecule has 0 saturated heterocycles. The van der Waals surface area contributed by atoms with Crippen molar-refractivity contribution in [2.75, 3.05) is 39.6 Å². The van der Waals surface area contributed by atoms with E-state index in [4.69, 9.17) is 4.74 Å². The summed E-state index contributed by atoms with van der Waals surface area (Å²) in [5, 5.41) is 9.00. The van der Waals surface area contributed by atoms with Gasteiger partial charge < -0.3 is 30.6 Å². The molecule has 3 heterocycles. The molecule has 4 rings (SSSR count). The number of amides is 2. The number of likely N-dealkylation sites (N-methyl/N-ethyl adjacent to an activating group) is 1. The van der Waals surface area contributed by atoms with E-state index in [9.17, 15) is 14.0 Å². The Morgan fingerprint density at radius 3 is 2.87 bits per heavy atom. The zero-order valence-electron chi connectivity index (χ0n) is 22.4. The molecular formula is C29H31FN6O3. The molecule has 0 saturated carbocycles. The molecule has 1 aliphatic rings. The van der Waals surface area contributed by atoms with Crippen molar-refractivity contribution in [2.45, 2.75) is 18.9 Å². The van der Waals surface area contributed by atoms with Gasteiger partial charge in [0.05, 0.1) is 35.3 Å². The first-order valence-corrected chi connectivity index (χ1v) is 12.3. The van der Waals surface area contributed by atoms with E-state index in [0.29, 0.717) is 53.3 Å². The van der Waals surface area contributed by atoms with Gasteiger partial charge in [0, 0.05) is 43.2 Å². The average Bonchev–Trinajstić information content (AvgIpc) is 3.26. The summed E-state index contributed by atoms with van der Waals surface area (Å²) in [6.45, 7) is 6.31. The van der Waals surface area contributed by atoms with Gasteiger partial charge in [0.2, 0.25) is 5.91 Å². The molecule has 10 heteroatoms. The summed E-state index contributed by atoms with van der Waals surface area (Å²) in [4.78, 5) is 34.7.